The molecule has 150 valence electrons. The van der Waals surface area contributed by atoms with Crippen LogP contribution < -0.4 is 5.32 Å². The molecule has 28 heavy (non-hydrogen) atoms. The van der Waals surface area contributed by atoms with Crippen LogP contribution in [-0.2, 0) is 10.0 Å². The van der Waals surface area contributed by atoms with Gasteiger partial charge in [0.2, 0.25) is 15.9 Å². The van der Waals surface area contributed by atoms with E-state index in [1.165, 1.54) is 35.0 Å². The van der Waals surface area contributed by atoms with Crippen molar-refractivity contribution in [3.63, 3.8) is 0 Å². The van der Waals surface area contributed by atoms with Crippen LogP contribution in [0.25, 0.3) is 0 Å². The number of hydrogen-bond acceptors (Lipinski definition) is 6. The molecule has 1 N–H and O–H groups in total. The van der Waals surface area contributed by atoms with Crippen LogP contribution in [0.15, 0.2) is 33.6 Å². The third-order valence-electron chi connectivity index (χ3n) is 5.43. The fraction of sp³-hybridized carbons (Fsp3) is 0.526. The van der Waals surface area contributed by atoms with Crippen molar-refractivity contribution in [2.45, 2.75) is 55.8 Å². The van der Waals surface area contributed by atoms with E-state index in [0.29, 0.717) is 24.5 Å². The molecule has 4 rings (SSSR count). The standard InChI is InChI=1S/C19H24N4O4S/c24-17(20-19-22-21-18(27-19)15-6-2-1-3-7-15)14-8-10-16(11-9-14)28(25,26)23-12-4-5-13-23/h8-11,15H,1-7,12-13H2,(H,20,22,24). The van der Waals surface area contributed by atoms with Gasteiger partial charge in [-0.25, -0.2) is 8.42 Å². The van der Waals surface area contributed by atoms with E-state index in [9.17, 15) is 13.2 Å². The number of nitrogens with one attached hydrogen (secondary N) is 1. The van der Waals surface area contributed by atoms with Crippen LogP contribution in [0.1, 0.15) is 67.1 Å². The van der Waals surface area contributed by atoms with Crippen molar-refractivity contribution < 1.29 is 17.6 Å². The highest BCUT2D eigenvalue weighted by Gasteiger charge is 2.27. The normalized spacial score (nSPS) is 19.0. The molecular formula is C19H24N4O4S. The average molecular weight is 404 g/mol. The summed E-state index contributed by atoms with van der Waals surface area (Å²) >= 11 is 0. The van der Waals surface area contributed by atoms with E-state index in [-0.39, 0.29) is 16.8 Å². The molecule has 1 amide bonds. The minimum absolute atomic E-state index is 0.0688. The lowest BCUT2D eigenvalue weighted by molar-refractivity contribution is 0.102. The molecule has 0 radical (unpaired) electrons. The van der Waals surface area contributed by atoms with Gasteiger partial charge in [-0.3, -0.25) is 10.1 Å². The van der Waals surface area contributed by atoms with E-state index >= 15 is 0 Å². The molecule has 2 aliphatic rings. The number of rotatable bonds is 5. The third kappa shape index (κ3) is 3.95. The highest BCUT2D eigenvalue weighted by Crippen LogP contribution is 2.32. The maximum atomic E-state index is 12.6. The number of aromatic nitrogens is 2. The summed E-state index contributed by atoms with van der Waals surface area (Å²) in [4.78, 5) is 12.6. The Labute approximate surface area is 164 Å². The van der Waals surface area contributed by atoms with Gasteiger partial charge in [-0.05, 0) is 49.9 Å². The predicted octanol–water partition coefficient (Wildman–Crippen LogP) is 3.15. The Morgan fingerprint density at radius 1 is 1.00 bits per heavy atom. The van der Waals surface area contributed by atoms with E-state index in [0.717, 1.165) is 38.5 Å². The molecule has 9 heteroatoms. The van der Waals surface area contributed by atoms with Crippen molar-refractivity contribution in [2.24, 2.45) is 0 Å². The van der Waals surface area contributed by atoms with Crippen LogP contribution in [0, 0.1) is 0 Å². The third-order valence-corrected chi connectivity index (χ3v) is 7.35. The van der Waals surface area contributed by atoms with Crippen molar-refractivity contribution in [2.75, 3.05) is 18.4 Å². The molecule has 0 spiro atoms. The summed E-state index contributed by atoms with van der Waals surface area (Å²) in [5.74, 6) is 0.424. The summed E-state index contributed by atoms with van der Waals surface area (Å²) in [6, 6.07) is 5.99. The molecule has 2 fully saturated rings. The topological polar surface area (TPSA) is 105 Å². The zero-order valence-electron chi connectivity index (χ0n) is 15.6. The molecule has 1 aromatic carbocycles. The predicted molar refractivity (Wildman–Crippen MR) is 103 cm³/mol. The van der Waals surface area contributed by atoms with E-state index in [4.69, 9.17) is 4.42 Å². The number of anilines is 1. The number of benzene rings is 1. The van der Waals surface area contributed by atoms with E-state index in [1.54, 1.807) is 0 Å². The second kappa shape index (κ2) is 8.00. The molecule has 2 aromatic rings. The number of amides is 1. The second-order valence-corrected chi connectivity index (χ2v) is 9.31. The SMILES string of the molecule is O=C(Nc1nnc(C2CCCCC2)o1)c1ccc(S(=O)(=O)N2CCCC2)cc1. The fourth-order valence-electron chi connectivity index (χ4n) is 3.82. The van der Waals surface area contributed by atoms with Gasteiger partial charge in [-0.15, -0.1) is 5.10 Å². The molecular weight excluding hydrogens is 380 g/mol. The zero-order chi connectivity index (χ0) is 19.6. The summed E-state index contributed by atoms with van der Waals surface area (Å²) in [5.41, 5.74) is 0.331. The van der Waals surface area contributed by atoms with Crippen LogP contribution >= 0.6 is 0 Å². The number of hydrogen-bond donors (Lipinski definition) is 1. The smallest absolute Gasteiger partial charge is 0.322 e. The molecule has 1 saturated heterocycles. The fourth-order valence-corrected chi connectivity index (χ4v) is 5.34. The number of sulfonamides is 1. The molecule has 1 aromatic heterocycles. The highest BCUT2D eigenvalue weighted by molar-refractivity contribution is 7.89. The maximum Gasteiger partial charge on any atom is 0.322 e. The zero-order valence-corrected chi connectivity index (χ0v) is 16.5. The van der Waals surface area contributed by atoms with E-state index in [1.807, 2.05) is 0 Å². The van der Waals surface area contributed by atoms with Gasteiger partial charge in [0, 0.05) is 24.6 Å². The molecule has 1 saturated carbocycles. The number of carbonyl (C=O) groups excluding carboxylic acids is 1. The first kappa shape index (κ1) is 19.1. The summed E-state index contributed by atoms with van der Waals surface area (Å²) < 4.78 is 32.2. The second-order valence-electron chi connectivity index (χ2n) is 7.37. The molecule has 1 aliphatic heterocycles. The monoisotopic (exact) mass is 404 g/mol. The lowest BCUT2D eigenvalue weighted by Gasteiger charge is -2.17. The first-order valence-electron chi connectivity index (χ1n) is 9.79. The maximum absolute atomic E-state index is 12.6. The van der Waals surface area contributed by atoms with Crippen molar-refractivity contribution in [1.82, 2.24) is 14.5 Å². The van der Waals surface area contributed by atoms with Gasteiger partial charge < -0.3 is 4.42 Å². The molecule has 0 bridgehead atoms. The minimum atomic E-state index is -3.49. The molecule has 0 unspecified atom stereocenters. The van der Waals surface area contributed by atoms with Crippen LogP contribution in [0.2, 0.25) is 0 Å². The van der Waals surface area contributed by atoms with Gasteiger partial charge >= 0.3 is 6.01 Å². The lowest BCUT2D eigenvalue weighted by Crippen LogP contribution is -2.27. The van der Waals surface area contributed by atoms with Gasteiger partial charge in [0.05, 0.1) is 4.90 Å². The minimum Gasteiger partial charge on any atom is -0.408 e. The van der Waals surface area contributed by atoms with Gasteiger partial charge in [0.15, 0.2) is 0 Å². The Balaban J connectivity index is 1.42. The summed E-state index contributed by atoms with van der Waals surface area (Å²) in [5, 5.41) is 10.6. The van der Waals surface area contributed by atoms with Crippen LogP contribution in [0.3, 0.4) is 0 Å². The van der Waals surface area contributed by atoms with Crippen molar-refractivity contribution in [1.29, 1.82) is 0 Å². The largest absolute Gasteiger partial charge is 0.408 e. The van der Waals surface area contributed by atoms with Crippen molar-refractivity contribution >= 4 is 21.9 Å². The molecule has 2 heterocycles. The van der Waals surface area contributed by atoms with Crippen LogP contribution in [-0.4, -0.2) is 41.9 Å². The number of carbonyl (C=O) groups is 1. The molecule has 1 aliphatic carbocycles. The summed E-state index contributed by atoms with van der Waals surface area (Å²) in [6.45, 7) is 1.09. The highest BCUT2D eigenvalue weighted by atomic mass is 32.2. The first-order valence-corrected chi connectivity index (χ1v) is 11.2. The Morgan fingerprint density at radius 2 is 1.68 bits per heavy atom. The number of nitrogens with zero attached hydrogens (tertiary/aromatic N) is 3. The lowest BCUT2D eigenvalue weighted by atomic mass is 9.89. The van der Waals surface area contributed by atoms with Crippen molar-refractivity contribution in [3.05, 3.63) is 35.7 Å². The Bertz CT molecular complexity index is 927. The van der Waals surface area contributed by atoms with Crippen LogP contribution in [0.4, 0.5) is 6.01 Å². The van der Waals surface area contributed by atoms with Gasteiger partial charge in [-0.2, -0.15) is 4.31 Å². The van der Waals surface area contributed by atoms with Crippen molar-refractivity contribution in [3.8, 4) is 0 Å². The Morgan fingerprint density at radius 3 is 2.36 bits per heavy atom. The first-order chi connectivity index (χ1) is 13.5. The summed E-state index contributed by atoms with van der Waals surface area (Å²) in [7, 11) is -3.49. The van der Waals surface area contributed by atoms with Crippen LogP contribution in [0.5, 0.6) is 0 Å². The molecule has 8 nitrogen and oxygen atoms in total. The average Bonchev–Trinajstić information content (AvgIpc) is 3.41. The van der Waals surface area contributed by atoms with Gasteiger partial charge in [0.1, 0.15) is 0 Å². The van der Waals surface area contributed by atoms with E-state index < -0.39 is 15.9 Å². The molecule has 0 atom stereocenters. The van der Waals surface area contributed by atoms with E-state index in [2.05, 4.69) is 15.5 Å². The van der Waals surface area contributed by atoms with Gasteiger partial charge in [0.25, 0.3) is 5.91 Å². The quantitative estimate of drug-likeness (QED) is 0.821. The van der Waals surface area contributed by atoms with Gasteiger partial charge in [-0.1, -0.05) is 24.4 Å². The Kier molecular flexibility index (Phi) is 5.45. The summed E-state index contributed by atoms with van der Waals surface area (Å²) in [6.07, 6.45) is 7.37. The Hall–Kier alpha value is -2.26.